The van der Waals surface area contributed by atoms with E-state index >= 15 is 0 Å². The molecule has 2 heteroatoms. The van der Waals surface area contributed by atoms with Crippen LogP contribution in [0.3, 0.4) is 0 Å². The largest absolute Gasteiger partial charge is 0.393 e. The van der Waals surface area contributed by atoms with Crippen LogP contribution in [0.2, 0.25) is 0 Å². The van der Waals surface area contributed by atoms with Gasteiger partial charge in [-0.25, -0.2) is 0 Å². The van der Waals surface area contributed by atoms with Gasteiger partial charge in [0.1, 0.15) is 5.78 Å². The maximum Gasteiger partial charge on any atom is 0.136 e. The third-order valence-electron chi connectivity index (χ3n) is 8.76. The number of carbonyl (C=O) groups is 1. The minimum absolute atomic E-state index is 0.0733. The van der Waals surface area contributed by atoms with E-state index in [1.54, 1.807) is 0 Å². The number of aliphatic hydroxyl groups is 1. The number of aliphatic hydroxyl groups excluding tert-OH is 1. The van der Waals surface area contributed by atoms with E-state index in [9.17, 15) is 9.90 Å². The Morgan fingerprint density at radius 2 is 1.73 bits per heavy atom. The van der Waals surface area contributed by atoms with Crippen molar-refractivity contribution in [2.24, 2.45) is 40.4 Å². The third kappa shape index (κ3) is 1.85. The molecule has 0 aromatic heterocycles. The summed E-state index contributed by atoms with van der Waals surface area (Å²) in [4.78, 5) is 12.2. The van der Waals surface area contributed by atoms with Crippen molar-refractivity contribution in [1.82, 2.24) is 0 Å². The third-order valence-corrected chi connectivity index (χ3v) is 8.76. The minimum Gasteiger partial charge on any atom is -0.393 e. The standard InChI is InChI=1S/C20H32O2/c1-12-11-20(3)13(10-17(12)21)4-5-14-15-6-7-18(22)19(15,2)9-8-16(14)20/h12-16,18,22H,4-11H2,1-3H3/t12-,13+,14-,15-,16-,18-,19+,20+/m1/s1. The maximum absolute atomic E-state index is 12.2. The fourth-order valence-electron chi connectivity index (χ4n) is 7.38. The summed E-state index contributed by atoms with van der Waals surface area (Å²) >= 11 is 0. The summed E-state index contributed by atoms with van der Waals surface area (Å²) in [5.41, 5.74) is 0.561. The first kappa shape index (κ1) is 15.2. The van der Waals surface area contributed by atoms with Crippen molar-refractivity contribution in [2.45, 2.75) is 78.2 Å². The van der Waals surface area contributed by atoms with Crippen molar-refractivity contribution in [3.63, 3.8) is 0 Å². The number of rotatable bonds is 0. The van der Waals surface area contributed by atoms with Gasteiger partial charge in [-0.2, -0.15) is 0 Å². The van der Waals surface area contributed by atoms with Crippen LogP contribution in [0.15, 0.2) is 0 Å². The lowest BCUT2D eigenvalue weighted by Gasteiger charge is -2.60. The number of hydrogen-bond donors (Lipinski definition) is 1. The highest BCUT2D eigenvalue weighted by Crippen LogP contribution is 2.66. The normalized spacial score (nSPS) is 57.9. The number of fused-ring (bicyclic) bond motifs is 5. The summed E-state index contributed by atoms with van der Waals surface area (Å²) in [6, 6.07) is 0. The molecule has 1 N–H and O–H groups in total. The van der Waals surface area contributed by atoms with Gasteiger partial charge < -0.3 is 5.11 Å². The lowest BCUT2D eigenvalue weighted by Crippen LogP contribution is -2.55. The second-order valence-corrected chi connectivity index (χ2v) is 9.57. The van der Waals surface area contributed by atoms with E-state index in [0.717, 1.165) is 37.0 Å². The van der Waals surface area contributed by atoms with Gasteiger partial charge in [0.25, 0.3) is 0 Å². The molecule has 0 radical (unpaired) electrons. The predicted molar refractivity (Wildman–Crippen MR) is 87.3 cm³/mol. The number of ketones is 1. The molecular formula is C20H32O2. The van der Waals surface area contributed by atoms with Gasteiger partial charge in [0.15, 0.2) is 0 Å². The molecule has 0 unspecified atom stereocenters. The van der Waals surface area contributed by atoms with Gasteiger partial charge in [0.2, 0.25) is 0 Å². The first-order valence-electron chi connectivity index (χ1n) is 9.57. The summed E-state index contributed by atoms with van der Waals surface area (Å²) in [6.45, 7) is 7.01. The second kappa shape index (κ2) is 4.82. The van der Waals surface area contributed by atoms with Crippen LogP contribution in [0.4, 0.5) is 0 Å². The SMILES string of the molecule is C[C@@H]1C[C@@]2(C)[C@@H](CC[C@H]3[C@H]2CC[C@]2(C)[C@H](O)CC[C@H]32)CC1=O. The van der Waals surface area contributed by atoms with Gasteiger partial charge in [-0.1, -0.05) is 20.8 Å². The van der Waals surface area contributed by atoms with Crippen LogP contribution in [-0.4, -0.2) is 17.0 Å². The Morgan fingerprint density at radius 1 is 1.00 bits per heavy atom. The van der Waals surface area contributed by atoms with E-state index in [4.69, 9.17) is 0 Å². The molecular weight excluding hydrogens is 272 g/mol. The molecule has 0 spiro atoms. The van der Waals surface area contributed by atoms with Gasteiger partial charge in [0, 0.05) is 12.3 Å². The Morgan fingerprint density at radius 3 is 2.50 bits per heavy atom. The lowest BCUT2D eigenvalue weighted by atomic mass is 9.44. The number of hydrogen-bond acceptors (Lipinski definition) is 2. The van der Waals surface area contributed by atoms with Crippen LogP contribution in [-0.2, 0) is 4.79 Å². The van der Waals surface area contributed by atoms with E-state index in [1.165, 1.54) is 32.1 Å². The molecule has 8 atom stereocenters. The molecule has 4 fully saturated rings. The molecule has 0 aliphatic heterocycles. The summed E-state index contributed by atoms with van der Waals surface area (Å²) in [7, 11) is 0. The molecule has 0 aromatic rings. The molecule has 4 rings (SSSR count). The van der Waals surface area contributed by atoms with Crippen LogP contribution < -0.4 is 0 Å². The molecule has 0 saturated heterocycles. The zero-order valence-electron chi connectivity index (χ0n) is 14.5. The number of Topliss-reactive ketones (excluding diaryl/α,β-unsaturated/α-hetero) is 1. The van der Waals surface area contributed by atoms with Crippen LogP contribution in [0.5, 0.6) is 0 Å². The van der Waals surface area contributed by atoms with Gasteiger partial charge in [-0.05, 0) is 79.4 Å². The van der Waals surface area contributed by atoms with Crippen molar-refractivity contribution in [3.05, 3.63) is 0 Å². The van der Waals surface area contributed by atoms with Crippen molar-refractivity contribution < 1.29 is 9.90 Å². The minimum atomic E-state index is -0.0733. The highest BCUT2D eigenvalue weighted by atomic mass is 16.3. The van der Waals surface area contributed by atoms with Crippen LogP contribution in [0.1, 0.15) is 72.1 Å². The molecule has 124 valence electrons. The molecule has 4 aliphatic rings. The molecule has 2 nitrogen and oxygen atoms in total. The van der Waals surface area contributed by atoms with Gasteiger partial charge in [-0.3, -0.25) is 4.79 Å². The van der Waals surface area contributed by atoms with Crippen LogP contribution >= 0.6 is 0 Å². The average molecular weight is 304 g/mol. The zero-order chi connectivity index (χ0) is 15.7. The molecule has 0 heterocycles. The van der Waals surface area contributed by atoms with Crippen molar-refractivity contribution in [3.8, 4) is 0 Å². The molecule has 0 bridgehead atoms. The van der Waals surface area contributed by atoms with Gasteiger partial charge in [-0.15, -0.1) is 0 Å². The smallest absolute Gasteiger partial charge is 0.136 e. The first-order chi connectivity index (χ1) is 10.4. The number of carbonyl (C=O) groups excluding carboxylic acids is 1. The maximum atomic E-state index is 12.2. The summed E-state index contributed by atoms with van der Waals surface area (Å²) in [5, 5.41) is 10.5. The molecule has 22 heavy (non-hydrogen) atoms. The first-order valence-corrected chi connectivity index (χ1v) is 9.57. The molecule has 4 saturated carbocycles. The predicted octanol–water partition coefficient (Wildman–Crippen LogP) is 4.21. The Kier molecular flexibility index (Phi) is 3.32. The van der Waals surface area contributed by atoms with Crippen molar-refractivity contribution in [1.29, 1.82) is 0 Å². The Hall–Kier alpha value is -0.370. The van der Waals surface area contributed by atoms with E-state index in [-0.39, 0.29) is 17.4 Å². The van der Waals surface area contributed by atoms with E-state index in [1.807, 2.05) is 0 Å². The Bertz CT molecular complexity index is 486. The van der Waals surface area contributed by atoms with Gasteiger partial charge in [0.05, 0.1) is 6.10 Å². The second-order valence-electron chi connectivity index (χ2n) is 9.57. The summed E-state index contributed by atoms with van der Waals surface area (Å²) < 4.78 is 0. The highest BCUT2D eigenvalue weighted by Gasteiger charge is 2.60. The topological polar surface area (TPSA) is 37.3 Å². The highest BCUT2D eigenvalue weighted by molar-refractivity contribution is 5.82. The van der Waals surface area contributed by atoms with Gasteiger partial charge >= 0.3 is 0 Å². The Labute approximate surface area is 135 Å². The molecule has 0 amide bonds. The van der Waals surface area contributed by atoms with Crippen molar-refractivity contribution >= 4 is 5.78 Å². The zero-order valence-corrected chi connectivity index (χ0v) is 14.5. The van der Waals surface area contributed by atoms with E-state index in [0.29, 0.717) is 17.1 Å². The van der Waals surface area contributed by atoms with Crippen molar-refractivity contribution in [2.75, 3.05) is 0 Å². The lowest BCUT2D eigenvalue weighted by molar-refractivity contribution is -0.148. The fourth-order valence-corrected chi connectivity index (χ4v) is 7.38. The summed E-state index contributed by atoms with van der Waals surface area (Å²) in [5.74, 6) is 3.74. The van der Waals surface area contributed by atoms with E-state index in [2.05, 4.69) is 20.8 Å². The van der Waals surface area contributed by atoms with Crippen LogP contribution in [0, 0.1) is 40.4 Å². The van der Waals surface area contributed by atoms with E-state index < -0.39 is 0 Å². The Balaban J connectivity index is 1.65. The van der Waals surface area contributed by atoms with Crippen LogP contribution in [0.25, 0.3) is 0 Å². The summed E-state index contributed by atoms with van der Waals surface area (Å²) in [6.07, 6.45) is 9.16. The fraction of sp³-hybridized carbons (Fsp3) is 0.950. The molecule has 4 aliphatic carbocycles. The molecule has 0 aromatic carbocycles. The quantitative estimate of drug-likeness (QED) is 0.728. The monoisotopic (exact) mass is 304 g/mol. The average Bonchev–Trinajstić information content (AvgIpc) is 2.77.